The van der Waals surface area contributed by atoms with Crippen LogP contribution in [-0.4, -0.2) is 29.8 Å². The molecule has 0 aromatic heterocycles. The standard InChI is InChI=1S/C13H19NO2S/c1-3-9(8-17-2)14-12-7-16-13-6-10(15)4-5-11(12)13/h4-6,9,12,14-15H,3,7-8H2,1-2H3. The van der Waals surface area contributed by atoms with Crippen LogP contribution in [0.2, 0.25) is 0 Å². The van der Waals surface area contributed by atoms with Gasteiger partial charge in [0.15, 0.2) is 0 Å². The first-order chi connectivity index (χ1) is 8.24. The molecule has 4 heteroatoms. The highest BCUT2D eigenvalue weighted by atomic mass is 32.2. The first kappa shape index (κ1) is 12.6. The summed E-state index contributed by atoms with van der Waals surface area (Å²) in [6.07, 6.45) is 3.24. The first-order valence-electron chi connectivity index (χ1n) is 5.95. The highest BCUT2D eigenvalue weighted by molar-refractivity contribution is 7.98. The summed E-state index contributed by atoms with van der Waals surface area (Å²) in [5.74, 6) is 2.18. The molecular formula is C13H19NO2S. The molecule has 0 aliphatic carbocycles. The van der Waals surface area contributed by atoms with Crippen molar-refractivity contribution in [1.29, 1.82) is 0 Å². The zero-order valence-corrected chi connectivity index (χ0v) is 11.1. The zero-order valence-electron chi connectivity index (χ0n) is 10.3. The van der Waals surface area contributed by atoms with Gasteiger partial charge in [0.1, 0.15) is 18.1 Å². The second kappa shape index (κ2) is 5.65. The average molecular weight is 253 g/mol. The number of nitrogens with one attached hydrogen (secondary N) is 1. The maximum atomic E-state index is 9.39. The lowest BCUT2D eigenvalue weighted by Gasteiger charge is -2.20. The molecule has 0 amide bonds. The summed E-state index contributed by atoms with van der Waals surface area (Å²) in [7, 11) is 0. The van der Waals surface area contributed by atoms with Gasteiger partial charge in [-0.1, -0.05) is 6.92 Å². The van der Waals surface area contributed by atoms with E-state index >= 15 is 0 Å². The summed E-state index contributed by atoms with van der Waals surface area (Å²) in [4.78, 5) is 0. The fourth-order valence-electron chi connectivity index (χ4n) is 2.11. The van der Waals surface area contributed by atoms with E-state index < -0.39 is 0 Å². The van der Waals surface area contributed by atoms with Crippen LogP contribution in [0.4, 0.5) is 0 Å². The third kappa shape index (κ3) is 2.87. The smallest absolute Gasteiger partial charge is 0.127 e. The van der Waals surface area contributed by atoms with E-state index in [1.165, 1.54) is 0 Å². The monoisotopic (exact) mass is 253 g/mol. The first-order valence-corrected chi connectivity index (χ1v) is 7.34. The summed E-state index contributed by atoms with van der Waals surface area (Å²) in [5, 5.41) is 13.0. The maximum Gasteiger partial charge on any atom is 0.127 e. The number of benzene rings is 1. The molecule has 1 aromatic carbocycles. The summed E-state index contributed by atoms with van der Waals surface area (Å²) in [5.41, 5.74) is 1.15. The Labute approximate surface area is 107 Å². The van der Waals surface area contributed by atoms with Gasteiger partial charge in [-0.2, -0.15) is 11.8 Å². The van der Waals surface area contributed by atoms with Gasteiger partial charge in [0.25, 0.3) is 0 Å². The Morgan fingerprint density at radius 3 is 3.12 bits per heavy atom. The van der Waals surface area contributed by atoms with Crippen molar-refractivity contribution in [3.63, 3.8) is 0 Å². The second-order valence-corrected chi connectivity index (χ2v) is 5.22. The van der Waals surface area contributed by atoms with Crippen LogP contribution in [0.1, 0.15) is 24.9 Å². The lowest BCUT2D eigenvalue weighted by Crippen LogP contribution is -2.35. The molecule has 2 unspecified atom stereocenters. The molecule has 2 atom stereocenters. The van der Waals surface area contributed by atoms with Crippen molar-refractivity contribution in [2.45, 2.75) is 25.4 Å². The number of fused-ring (bicyclic) bond motifs is 1. The Bertz CT molecular complexity index is 384. The van der Waals surface area contributed by atoms with Crippen LogP contribution in [-0.2, 0) is 0 Å². The van der Waals surface area contributed by atoms with Crippen molar-refractivity contribution >= 4 is 11.8 Å². The van der Waals surface area contributed by atoms with Crippen molar-refractivity contribution in [3.8, 4) is 11.5 Å². The SMILES string of the molecule is CCC(CSC)NC1COc2cc(O)ccc21. The van der Waals surface area contributed by atoms with E-state index in [0.29, 0.717) is 12.6 Å². The number of rotatable bonds is 5. The van der Waals surface area contributed by atoms with Crippen LogP contribution >= 0.6 is 11.8 Å². The zero-order chi connectivity index (χ0) is 12.3. The van der Waals surface area contributed by atoms with Gasteiger partial charge in [0.05, 0.1) is 6.04 Å². The number of phenols is 1. The van der Waals surface area contributed by atoms with E-state index in [-0.39, 0.29) is 11.8 Å². The molecule has 17 heavy (non-hydrogen) atoms. The molecular weight excluding hydrogens is 234 g/mol. The average Bonchev–Trinajstić information content (AvgIpc) is 2.71. The van der Waals surface area contributed by atoms with Crippen molar-refractivity contribution in [1.82, 2.24) is 5.32 Å². The molecule has 2 rings (SSSR count). The largest absolute Gasteiger partial charge is 0.508 e. The normalized spacial score (nSPS) is 19.8. The van der Waals surface area contributed by atoms with Gasteiger partial charge in [-0.15, -0.1) is 0 Å². The number of ether oxygens (including phenoxy) is 1. The number of thioether (sulfide) groups is 1. The molecule has 0 fully saturated rings. The van der Waals surface area contributed by atoms with E-state index in [1.54, 1.807) is 12.1 Å². The number of hydrogen-bond acceptors (Lipinski definition) is 4. The lowest BCUT2D eigenvalue weighted by molar-refractivity contribution is 0.299. The van der Waals surface area contributed by atoms with Crippen LogP contribution in [0.15, 0.2) is 18.2 Å². The van der Waals surface area contributed by atoms with Crippen LogP contribution in [0.25, 0.3) is 0 Å². The Hall–Kier alpha value is -0.870. The highest BCUT2D eigenvalue weighted by Gasteiger charge is 2.25. The number of aromatic hydroxyl groups is 1. The van der Waals surface area contributed by atoms with E-state index in [1.807, 2.05) is 17.8 Å². The maximum absolute atomic E-state index is 9.39. The van der Waals surface area contributed by atoms with Gasteiger partial charge in [-0.05, 0) is 24.8 Å². The molecule has 1 heterocycles. The van der Waals surface area contributed by atoms with Gasteiger partial charge in [-0.25, -0.2) is 0 Å². The number of hydrogen-bond donors (Lipinski definition) is 2. The molecule has 1 aromatic rings. The van der Waals surface area contributed by atoms with E-state index in [0.717, 1.165) is 23.5 Å². The summed E-state index contributed by atoms with van der Waals surface area (Å²) in [6.45, 7) is 2.85. The van der Waals surface area contributed by atoms with Crippen LogP contribution in [0.5, 0.6) is 11.5 Å². The Morgan fingerprint density at radius 2 is 2.41 bits per heavy atom. The minimum absolute atomic E-state index is 0.252. The molecule has 0 radical (unpaired) electrons. The molecule has 1 aliphatic rings. The third-order valence-electron chi connectivity index (χ3n) is 3.08. The molecule has 0 spiro atoms. The van der Waals surface area contributed by atoms with Crippen molar-refractivity contribution in [3.05, 3.63) is 23.8 Å². The van der Waals surface area contributed by atoms with E-state index in [9.17, 15) is 5.11 Å². The van der Waals surface area contributed by atoms with Crippen LogP contribution < -0.4 is 10.1 Å². The summed E-state index contributed by atoms with van der Waals surface area (Å²) >= 11 is 1.86. The fraction of sp³-hybridized carbons (Fsp3) is 0.538. The van der Waals surface area contributed by atoms with Gasteiger partial charge in [0, 0.05) is 23.4 Å². The predicted molar refractivity (Wildman–Crippen MR) is 71.9 cm³/mol. The summed E-state index contributed by atoms with van der Waals surface area (Å²) < 4.78 is 5.59. The van der Waals surface area contributed by atoms with E-state index in [2.05, 4.69) is 18.5 Å². The van der Waals surface area contributed by atoms with Gasteiger partial charge in [-0.3, -0.25) is 0 Å². The quantitative estimate of drug-likeness (QED) is 0.846. The predicted octanol–water partition coefficient (Wildman–Crippen LogP) is 2.56. The Kier molecular flexibility index (Phi) is 4.18. The van der Waals surface area contributed by atoms with Gasteiger partial charge >= 0.3 is 0 Å². The topological polar surface area (TPSA) is 41.5 Å². The molecule has 1 aliphatic heterocycles. The van der Waals surface area contributed by atoms with Crippen LogP contribution in [0, 0.1) is 0 Å². The minimum Gasteiger partial charge on any atom is -0.508 e. The van der Waals surface area contributed by atoms with Gasteiger partial charge < -0.3 is 15.2 Å². The highest BCUT2D eigenvalue weighted by Crippen LogP contribution is 2.35. The molecule has 2 N–H and O–H groups in total. The molecule has 94 valence electrons. The Morgan fingerprint density at radius 1 is 1.59 bits per heavy atom. The van der Waals surface area contributed by atoms with Crippen molar-refractivity contribution in [2.75, 3.05) is 18.6 Å². The van der Waals surface area contributed by atoms with Gasteiger partial charge in [0.2, 0.25) is 0 Å². The third-order valence-corrected chi connectivity index (χ3v) is 3.81. The minimum atomic E-state index is 0.252. The fourth-order valence-corrected chi connectivity index (χ4v) is 2.84. The molecule has 0 saturated carbocycles. The lowest BCUT2D eigenvalue weighted by atomic mass is 10.1. The Balaban J connectivity index is 2.06. The molecule has 0 bridgehead atoms. The summed E-state index contributed by atoms with van der Waals surface area (Å²) in [6, 6.07) is 6.12. The van der Waals surface area contributed by atoms with Crippen molar-refractivity contribution in [2.24, 2.45) is 0 Å². The molecule has 0 saturated heterocycles. The van der Waals surface area contributed by atoms with Crippen molar-refractivity contribution < 1.29 is 9.84 Å². The van der Waals surface area contributed by atoms with E-state index in [4.69, 9.17) is 4.74 Å². The number of phenolic OH excluding ortho intramolecular Hbond substituents is 1. The molecule has 3 nitrogen and oxygen atoms in total. The second-order valence-electron chi connectivity index (χ2n) is 4.31. The van der Waals surface area contributed by atoms with Crippen LogP contribution in [0.3, 0.4) is 0 Å².